The fraction of sp³-hybridized carbons (Fsp3) is 0.200. The summed E-state index contributed by atoms with van der Waals surface area (Å²) in [5.74, 6) is -3.73. The molecule has 1 aliphatic rings. The number of halogens is 2. The highest BCUT2D eigenvalue weighted by atomic mass is 35.5. The summed E-state index contributed by atoms with van der Waals surface area (Å²) in [5, 5.41) is 12.4. The Hall–Kier alpha value is -3.50. The number of esters is 1. The van der Waals surface area contributed by atoms with E-state index in [9.17, 15) is 29.3 Å². The summed E-state index contributed by atoms with van der Waals surface area (Å²) in [5.41, 5.74) is 1.74. The van der Waals surface area contributed by atoms with Crippen LogP contribution in [0.25, 0.3) is 0 Å². The van der Waals surface area contributed by atoms with Gasteiger partial charge in [-0.25, -0.2) is 0 Å². The second kappa shape index (κ2) is 9.75. The number of amides is 2. The highest BCUT2D eigenvalue weighted by Crippen LogP contribution is 2.23. The summed E-state index contributed by atoms with van der Waals surface area (Å²) in [7, 11) is 0. The molecule has 0 aromatic heterocycles. The van der Waals surface area contributed by atoms with Gasteiger partial charge in [0.25, 0.3) is 11.6 Å². The van der Waals surface area contributed by atoms with Crippen LogP contribution in [0.3, 0.4) is 0 Å². The van der Waals surface area contributed by atoms with Gasteiger partial charge in [-0.1, -0.05) is 35.3 Å². The minimum atomic E-state index is -0.929. The van der Waals surface area contributed by atoms with Crippen molar-refractivity contribution in [3.05, 3.63) is 73.8 Å². The quantitative estimate of drug-likeness (QED) is 0.279. The molecular weight excluding hydrogens is 465 g/mol. The Balaban J connectivity index is 1.58. The number of carbonyl (C=O) groups is 4. The zero-order chi connectivity index (χ0) is 23.4. The van der Waals surface area contributed by atoms with Gasteiger partial charge in [0.05, 0.1) is 22.4 Å². The molecule has 166 valence electrons. The first-order valence-electron chi connectivity index (χ1n) is 9.17. The molecule has 32 heavy (non-hydrogen) atoms. The van der Waals surface area contributed by atoms with Gasteiger partial charge in [-0.05, 0) is 24.3 Å². The van der Waals surface area contributed by atoms with E-state index in [0.717, 1.165) is 11.1 Å². The summed E-state index contributed by atoms with van der Waals surface area (Å²) >= 11 is 11.7. The van der Waals surface area contributed by atoms with E-state index in [2.05, 4.69) is 5.43 Å². The van der Waals surface area contributed by atoms with Crippen molar-refractivity contribution in [3.8, 4) is 0 Å². The van der Waals surface area contributed by atoms with Crippen LogP contribution in [0.1, 0.15) is 27.1 Å². The fourth-order valence-electron chi connectivity index (χ4n) is 3.03. The van der Waals surface area contributed by atoms with Crippen LogP contribution in [0.4, 0.5) is 5.69 Å². The molecule has 2 aromatic rings. The van der Waals surface area contributed by atoms with Gasteiger partial charge in [0.2, 0.25) is 11.7 Å². The van der Waals surface area contributed by atoms with Crippen molar-refractivity contribution in [1.29, 1.82) is 0 Å². The first-order valence-corrected chi connectivity index (χ1v) is 9.92. The minimum Gasteiger partial charge on any atom is -0.457 e. The van der Waals surface area contributed by atoms with Gasteiger partial charge < -0.3 is 4.74 Å². The molecule has 2 amide bonds. The Kier molecular flexibility index (Phi) is 7.06. The monoisotopic (exact) mass is 479 g/mol. The number of nitrogens with one attached hydrogen (secondary N) is 1. The van der Waals surface area contributed by atoms with E-state index in [-0.39, 0.29) is 29.1 Å². The second-order valence-electron chi connectivity index (χ2n) is 6.78. The van der Waals surface area contributed by atoms with Crippen LogP contribution in [0.5, 0.6) is 0 Å². The van der Waals surface area contributed by atoms with Crippen molar-refractivity contribution in [3.63, 3.8) is 0 Å². The van der Waals surface area contributed by atoms with Gasteiger partial charge in [-0.3, -0.25) is 39.7 Å². The highest BCUT2D eigenvalue weighted by molar-refractivity contribution is 6.36. The molecule has 0 bridgehead atoms. The van der Waals surface area contributed by atoms with Crippen LogP contribution in [0.15, 0.2) is 42.5 Å². The van der Waals surface area contributed by atoms with Crippen LogP contribution in [0, 0.1) is 16.0 Å². The molecule has 12 heteroatoms. The molecule has 1 heterocycles. The molecule has 0 saturated carbocycles. The first-order chi connectivity index (χ1) is 15.2. The Morgan fingerprint density at radius 1 is 1.16 bits per heavy atom. The largest absolute Gasteiger partial charge is 0.457 e. The third kappa shape index (κ3) is 5.21. The van der Waals surface area contributed by atoms with Crippen molar-refractivity contribution >= 4 is 52.5 Å². The molecular formula is C20H15Cl2N3O7. The number of nitro groups is 1. The highest BCUT2D eigenvalue weighted by Gasteiger charge is 2.37. The van der Waals surface area contributed by atoms with Gasteiger partial charge in [-0.15, -0.1) is 0 Å². The SMILES string of the molecule is O=C(COC(=O)[C@H]1CC(=O)N(NC(=O)c2ccccc2[N+](=O)[O-])C1)c1ccc(Cl)cc1Cl. The minimum absolute atomic E-state index is 0.110. The van der Waals surface area contributed by atoms with Crippen molar-refractivity contribution < 1.29 is 28.8 Å². The Labute approximate surface area is 191 Å². The summed E-state index contributed by atoms with van der Waals surface area (Å²) in [6.45, 7) is -0.798. The molecule has 0 radical (unpaired) electrons. The standard InChI is InChI=1S/C20H15Cl2N3O7/c21-12-5-6-13(15(22)8-12)17(26)10-32-20(29)11-7-18(27)24(9-11)23-19(28)14-3-1-2-4-16(14)25(30)31/h1-6,8,11H,7,9-10H2,(H,23,28)/t11-/m0/s1. The topological polar surface area (TPSA) is 136 Å². The van der Waals surface area contributed by atoms with E-state index >= 15 is 0 Å². The van der Waals surface area contributed by atoms with Crippen LogP contribution in [-0.2, 0) is 14.3 Å². The maximum Gasteiger partial charge on any atom is 0.311 e. The number of nitro benzene ring substituents is 1. The van der Waals surface area contributed by atoms with Crippen LogP contribution < -0.4 is 5.43 Å². The predicted octanol–water partition coefficient (Wildman–Crippen LogP) is 2.82. The van der Waals surface area contributed by atoms with Crippen LogP contribution in [-0.4, -0.2) is 46.7 Å². The number of ether oxygens (including phenoxy) is 1. The maximum atomic E-state index is 12.4. The Bertz CT molecular complexity index is 1120. The predicted molar refractivity (Wildman–Crippen MR) is 112 cm³/mol. The molecule has 2 aromatic carbocycles. The molecule has 1 N–H and O–H groups in total. The number of hydrogen-bond acceptors (Lipinski definition) is 7. The number of para-hydroxylation sites is 1. The second-order valence-corrected chi connectivity index (χ2v) is 7.62. The van der Waals surface area contributed by atoms with E-state index in [0.29, 0.717) is 5.02 Å². The third-order valence-corrected chi connectivity index (χ3v) is 5.17. The number of nitrogens with zero attached hydrogens (tertiary/aromatic N) is 2. The van der Waals surface area contributed by atoms with E-state index in [1.54, 1.807) is 0 Å². The number of hydrogen-bond donors (Lipinski definition) is 1. The lowest BCUT2D eigenvalue weighted by Gasteiger charge is -2.17. The summed E-state index contributed by atoms with van der Waals surface area (Å²) in [6.07, 6.45) is -0.258. The van der Waals surface area contributed by atoms with Gasteiger partial charge >= 0.3 is 5.97 Å². The lowest BCUT2D eigenvalue weighted by Crippen LogP contribution is -2.43. The lowest BCUT2D eigenvalue weighted by molar-refractivity contribution is -0.385. The van der Waals surface area contributed by atoms with E-state index in [1.807, 2.05) is 0 Å². The summed E-state index contributed by atoms with van der Waals surface area (Å²) in [4.78, 5) is 59.4. The number of ketones is 1. The van der Waals surface area contributed by atoms with Crippen molar-refractivity contribution in [1.82, 2.24) is 10.4 Å². The smallest absolute Gasteiger partial charge is 0.311 e. The zero-order valence-electron chi connectivity index (χ0n) is 16.2. The first kappa shape index (κ1) is 23.2. The molecule has 0 unspecified atom stereocenters. The number of Topliss-reactive ketones (excluding diaryl/α,β-unsaturated/α-hetero) is 1. The number of carbonyl (C=O) groups excluding carboxylic acids is 4. The Morgan fingerprint density at radius 3 is 2.56 bits per heavy atom. The zero-order valence-corrected chi connectivity index (χ0v) is 17.8. The van der Waals surface area contributed by atoms with Crippen molar-refractivity contribution in [2.45, 2.75) is 6.42 Å². The molecule has 0 aliphatic carbocycles. The molecule has 3 rings (SSSR count). The average Bonchev–Trinajstić information content (AvgIpc) is 3.12. The molecule has 10 nitrogen and oxygen atoms in total. The Morgan fingerprint density at radius 2 is 1.88 bits per heavy atom. The molecule has 0 spiro atoms. The molecule has 1 atom stereocenters. The summed E-state index contributed by atoms with van der Waals surface area (Å²) < 4.78 is 5.00. The fourth-order valence-corrected chi connectivity index (χ4v) is 3.54. The third-order valence-electron chi connectivity index (χ3n) is 4.62. The van der Waals surface area contributed by atoms with Gasteiger partial charge in [-0.2, -0.15) is 0 Å². The normalized spacial score (nSPS) is 15.4. The van der Waals surface area contributed by atoms with Gasteiger partial charge in [0, 0.05) is 23.1 Å². The molecule has 1 fully saturated rings. The lowest BCUT2D eigenvalue weighted by atomic mass is 10.1. The van der Waals surface area contributed by atoms with E-state index in [4.69, 9.17) is 27.9 Å². The molecule has 1 aliphatic heterocycles. The van der Waals surface area contributed by atoms with Crippen molar-refractivity contribution in [2.24, 2.45) is 5.92 Å². The molecule has 1 saturated heterocycles. The number of benzene rings is 2. The van der Waals surface area contributed by atoms with E-state index in [1.165, 1.54) is 36.4 Å². The number of rotatable bonds is 7. The van der Waals surface area contributed by atoms with Crippen LogP contribution in [0.2, 0.25) is 10.0 Å². The van der Waals surface area contributed by atoms with Gasteiger partial charge in [0.15, 0.2) is 6.61 Å². The average molecular weight is 480 g/mol. The maximum absolute atomic E-state index is 12.4. The van der Waals surface area contributed by atoms with E-state index < -0.39 is 46.7 Å². The van der Waals surface area contributed by atoms with Gasteiger partial charge in [0.1, 0.15) is 5.56 Å². The van der Waals surface area contributed by atoms with Crippen molar-refractivity contribution in [2.75, 3.05) is 13.2 Å². The summed E-state index contributed by atoms with van der Waals surface area (Å²) in [6, 6.07) is 9.50. The number of hydrazine groups is 1. The van der Waals surface area contributed by atoms with Crippen LogP contribution >= 0.6 is 23.2 Å².